The molecular formula is C21H23N3O5. The van der Waals surface area contributed by atoms with Gasteiger partial charge in [0.2, 0.25) is 0 Å². The fourth-order valence-electron chi connectivity index (χ4n) is 3.10. The first-order valence-corrected chi connectivity index (χ1v) is 9.38. The second-order valence-electron chi connectivity index (χ2n) is 6.62. The number of hydrogen-bond acceptors (Lipinski definition) is 5. The number of hydrogen-bond donors (Lipinski definition) is 3. The Morgan fingerprint density at radius 3 is 2.31 bits per heavy atom. The van der Waals surface area contributed by atoms with Crippen molar-refractivity contribution in [1.82, 2.24) is 10.9 Å². The molecule has 152 valence electrons. The number of hydrazine groups is 1. The van der Waals surface area contributed by atoms with Crippen LogP contribution in [-0.4, -0.2) is 31.1 Å². The number of amides is 3. The highest BCUT2D eigenvalue weighted by molar-refractivity contribution is 6.01. The third-order valence-electron chi connectivity index (χ3n) is 4.59. The number of nitrogens with one attached hydrogen (secondary N) is 3. The quantitative estimate of drug-likeness (QED) is 0.530. The van der Waals surface area contributed by atoms with Gasteiger partial charge >= 0.3 is 12.0 Å². The molecule has 1 saturated carbocycles. The third-order valence-corrected chi connectivity index (χ3v) is 4.59. The van der Waals surface area contributed by atoms with E-state index in [2.05, 4.69) is 20.9 Å². The van der Waals surface area contributed by atoms with Crippen LogP contribution >= 0.6 is 0 Å². The van der Waals surface area contributed by atoms with Crippen molar-refractivity contribution in [1.29, 1.82) is 0 Å². The molecule has 8 nitrogen and oxygen atoms in total. The second kappa shape index (κ2) is 9.59. The number of esters is 1. The number of anilines is 1. The molecular weight excluding hydrogens is 374 g/mol. The molecule has 3 amide bonds. The molecule has 0 radical (unpaired) electrons. The fraction of sp³-hybridized carbons (Fsp3) is 0.286. The molecule has 3 rings (SSSR count). The molecule has 1 aliphatic carbocycles. The van der Waals surface area contributed by atoms with E-state index in [-0.39, 0.29) is 17.4 Å². The van der Waals surface area contributed by atoms with Gasteiger partial charge in [-0.15, -0.1) is 0 Å². The maximum atomic E-state index is 12.2. The lowest BCUT2D eigenvalue weighted by Crippen LogP contribution is -2.44. The summed E-state index contributed by atoms with van der Waals surface area (Å²) in [7, 11) is 1.25. The van der Waals surface area contributed by atoms with E-state index >= 15 is 0 Å². The van der Waals surface area contributed by atoms with Crippen LogP contribution in [0.25, 0.3) is 0 Å². The van der Waals surface area contributed by atoms with Crippen LogP contribution in [0.5, 0.6) is 5.75 Å². The lowest BCUT2D eigenvalue weighted by molar-refractivity contribution is 0.0601. The molecule has 0 atom stereocenters. The van der Waals surface area contributed by atoms with Crippen molar-refractivity contribution in [3.8, 4) is 5.75 Å². The first kappa shape index (κ1) is 20.2. The van der Waals surface area contributed by atoms with Crippen LogP contribution in [0.15, 0.2) is 48.5 Å². The fourth-order valence-corrected chi connectivity index (χ4v) is 3.10. The highest BCUT2D eigenvalue weighted by Gasteiger charge is 2.17. The molecule has 2 aromatic carbocycles. The molecule has 29 heavy (non-hydrogen) atoms. The van der Waals surface area contributed by atoms with Crippen molar-refractivity contribution in [3.63, 3.8) is 0 Å². The summed E-state index contributed by atoms with van der Waals surface area (Å²) in [6.07, 6.45) is 4.72. The minimum absolute atomic E-state index is 0.203. The number of urea groups is 1. The van der Waals surface area contributed by atoms with E-state index in [0.717, 1.165) is 18.6 Å². The largest absolute Gasteiger partial charge is 0.490 e. The Hall–Kier alpha value is -3.55. The lowest BCUT2D eigenvalue weighted by atomic mass is 10.2. The summed E-state index contributed by atoms with van der Waals surface area (Å²) in [6.45, 7) is 0. The normalized spacial score (nSPS) is 13.4. The summed E-state index contributed by atoms with van der Waals surface area (Å²) < 4.78 is 10.5. The van der Waals surface area contributed by atoms with Crippen molar-refractivity contribution in [2.24, 2.45) is 0 Å². The molecule has 0 saturated heterocycles. The monoisotopic (exact) mass is 397 g/mol. The van der Waals surface area contributed by atoms with E-state index in [4.69, 9.17) is 4.74 Å². The summed E-state index contributed by atoms with van der Waals surface area (Å²) in [4.78, 5) is 36.0. The zero-order valence-electron chi connectivity index (χ0n) is 16.1. The van der Waals surface area contributed by atoms with E-state index in [1.54, 1.807) is 42.5 Å². The van der Waals surface area contributed by atoms with Gasteiger partial charge in [-0.05, 0) is 62.1 Å². The molecule has 1 fully saturated rings. The first-order valence-electron chi connectivity index (χ1n) is 9.38. The minimum atomic E-state index is -0.698. The Balaban J connectivity index is 1.51. The van der Waals surface area contributed by atoms with Gasteiger partial charge in [0.1, 0.15) is 5.75 Å². The Morgan fingerprint density at radius 2 is 1.62 bits per heavy atom. The third kappa shape index (κ3) is 5.47. The van der Waals surface area contributed by atoms with Crippen LogP contribution in [0.1, 0.15) is 46.4 Å². The molecule has 0 spiro atoms. The Kier molecular flexibility index (Phi) is 6.67. The highest BCUT2D eigenvalue weighted by atomic mass is 16.5. The maximum absolute atomic E-state index is 12.2. The average molecular weight is 397 g/mol. The van der Waals surface area contributed by atoms with Gasteiger partial charge in [0.25, 0.3) is 5.91 Å². The van der Waals surface area contributed by atoms with E-state index in [0.29, 0.717) is 5.56 Å². The van der Waals surface area contributed by atoms with E-state index < -0.39 is 17.9 Å². The van der Waals surface area contributed by atoms with Crippen molar-refractivity contribution in [2.45, 2.75) is 31.8 Å². The standard InChI is InChI=1S/C21H23N3O5/c1-28-20(26)17-8-4-5-9-18(17)22-21(27)24-23-19(25)14-10-12-16(13-11-14)29-15-6-2-3-7-15/h4-5,8-13,15H,2-3,6-7H2,1H3,(H,23,25)(H2,22,24,27). The second-order valence-corrected chi connectivity index (χ2v) is 6.62. The predicted octanol–water partition coefficient (Wildman–Crippen LogP) is 3.26. The van der Waals surface area contributed by atoms with Gasteiger partial charge in [-0.2, -0.15) is 0 Å². The van der Waals surface area contributed by atoms with Gasteiger partial charge in [-0.1, -0.05) is 12.1 Å². The number of methoxy groups -OCH3 is 1. The predicted molar refractivity (Wildman–Crippen MR) is 107 cm³/mol. The smallest absolute Gasteiger partial charge is 0.339 e. The summed E-state index contributed by atoms with van der Waals surface area (Å²) in [5.41, 5.74) is 5.41. The van der Waals surface area contributed by atoms with Gasteiger partial charge in [0.05, 0.1) is 24.5 Å². The van der Waals surface area contributed by atoms with Gasteiger partial charge in [-0.3, -0.25) is 10.2 Å². The first-order chi connectivity index (χ1) is 14.1. The molecule has 0 aromatic heterocycles. The van der Waals surface area contributed by atoms with Crippen LogP contribution in [0.4, 0.5) is 10.5 Å². The average Bonchev–Trinajstić information content (AvgIpc) is 3.25. The highest BCUT2D eigenvalue weighted by Crippen LogP contribution is 2.24. The molecule has 0 aliphatic heterocycles. The molecule has 0 heterocycles. The van der Waals surface area contributed by atoms with Crippen LogP contribution in [0.2, 0.25) is 0 Å². The molecule has 8 heteroatoms. The van der Waals surface area contributed by atoms with Crippen LogP contribution < -0.4 is 20.9 Å². The summed E-state index contributed by atoms with van der Waals surface area (Å²) in [6, 6.07) is 12.4. The SMILES string of the molecule is COC(=O)c1ccccc1NC(=O)NNC(=O)c1ccc(OC2CCCC2)cc1. The number of benzene rings is 2. The zero-order valence-corrected chi connectivity index (χ0v) is 16.1. The lowest BCUT2D eigenvalue weighted by Gasteiger charge is -2.13. The molecule has 0 bridgehead atoms. The van der Waals surface area contributed by atoms with Crippen LogP contribution in [0, 0.1) is 0 Å². The molecule has 1 aliphatic rings. The summed E-state index contributed by atoms with van der Waals surface area (Å²) >= 11 is 0. The Morgan fingerprint density at radius 1 is 0.931 bits per heavy atom. The van der Waals surface area contributed by atoms with Crippen LogP contribution in [0.3, 0.4) is 0 Å². The number of rotatable bonds is 5. The number of carbonyl (C=O) groups is 3. The van der Waals surface area contributed by atoms with E-state index in [9.17, 15) is 14.4 Å². The van der Waals surface area contributed by atoms with Gasteiger partial charge < -0.3 is 14.8 Å². The maximum Gasteiger partial charge on any atom is 0.339 e. The zero-order chi connectivity index (χ0) is 20.6. The van der Waals surface area contributed by atoms with Gasteiger partial charge in [-0.25, -0.2) is 15.0 Å². The molecule has 0 unspecified atom stereocenters. The number of carbonyl (C=O) groups excluding carboxylic acids is 3. The minimum Gasteiger partial charge on any atom is -0.490 e. The summed E-state index contributed by atoms with van der Waals surface area (Å²) in [5.74, 6) is -0.336. The van der Waals surface area contributed by atoms with E-state index in [1.165, 1.54) is 26.0 Å². The number of para-hydroxylation sites is 1. The van der Waals surface area contributed by atoms with Crippen molar-refractivity contribution in [2.75, 3.05) is 12.4 Å². The van der Waals surface area contributed by atoms with Crippen LogP contribution in [-0.2, 0) is 4.74 Å². The Labute approximate surface area is 168 Å². The van der Waals surface area contributed by atoms with Gasteiger partial charge in [0, 0.05) is 5.56 Å². The van der Waals surface area contributed by atoms with E-state index in [1.807, 2.05) is 0 Å². The van der Waals surface area contributed by atoms with Gasteiger partial charge in [0.15, 0.2) is 0 Å². The summed E-state index contributed by atoms with van der Waals surface area (Å²) in [5, 5.41) is 2.50. The van der Waals surface area contributed by atoms with Crippen molar-refractivity contribution < 1.29 is 23.9 Å². The molecule has 3 N–H and O–H groups in total. The van der Waals surface area contributed by atoms with Crippen molar-refractivity contribution in [3.05, 3.63) is 59.7 Å². The topological polar surface area (TPSA) is 106 Å². The van der Waals surface area contributed by atoms with Crippen molar-refractivity contribution >= 4 is 23.6 Å². The molecule has 2 aromatic rings. The Bertz CT molecular complexity index is 876. The number of ether oxygens (including phenoxy) is 2.